The summed E-state index contributed by atoms with van der Waals surface area (Å²) in [6.45, 7) is 2.71. The van der Waals surface area contributed by atoms with E-state index in [2.05, 4.69) is 5.32 Å². The van der Waals surface area contributed by atoms with Crippen LogP contribution >= 0.6 is 0 Å². The van der Waals surface area contributed by atoms with E-state index >= 15 is 0 Å². The topological polar surface area (TPSA) is 49.3 Å². The minimum absolute atomic E-state index is 0.0126. The fourth-order valence-electron chi connectivity index (χ4n) is 1.02. The van der Waals surface area contributed by atoms with Gasteiger partial charge < -0.3 is 10.4 Å². The molecule has 0 unspecified atom stereocenters. The number of nitrogens with one attached hydrogen (secondary N) is 1. The number of para-hydroxylation sites is 1. The summed E-state index contributed by atoms with van der Waals surface area (Å²) in [5.41, 5.74) is 0.321. The molecule has 2 N–H and O–H groups in total. The van der Waals surface area contributed by atoms with E-state index in [1.165, 1.54) is 12.1 Å². The van der Waals surface area contributed by atoms with E-state index < -0.39 is 0 Å². The average molecular weight is 191 g/mol. The lowest BCUT2D eigenvalue weighted by Crippen LogP contribution is -2.04. The molecule has 0 fully saturated rings. The molecule has 74 valence electrons. The molecular formula is C11H13NO2. The Morgan fingerprint density at radius 2 is 2.21 bits per heavy atom. The molecule has 3 nitrogen and oxygen atoms in total. The number of ketones is 1. The summed E-state index contributed by atoms with van der Waals surface area (Å²) in [5, 5.41) is 12.2. The molecule has 0 aliphatic heterocycles. The Kier molecular flexibility index (Phi) is 3.73. The van der Waals surface area contributed by atoms with Crippen LogP contribution in [0.2, 0.25) is 0 Å². The number of carbonyl (C=O) groups excluding carboxylic acids is 1. The lowest BCUT2D eigenvalue weighted by atomic mass is 10.1. The quantitative estimate of drug-likeness (QED) is 0.562. The van der Waals surface area contributed by atoms with Crippen LogP contribution in [0.4, 0.5) is 0 Å². The zero-order chi connectivity index (χ0) is 10.4. The monoisotopic (exact) mass is 191 g/mol. The second kappa shape index (κ2) is 5.07. The maximum absolute atomic E-state index is 11.5. The van der Waals surface area contributed by atoms with Gasteiger partial charge in [0.2, 0.25) is 0 Å². The molecule has 0 spiro atoms. The minimum Gasteiger partial charge on any atom is -0.507 e. The van der Waals surface area contributed by atoms with Crippen LogP contribution in [-0.2, 0) is 0 Å². The van der Waals surface area contributed by atoms with Gasteiger partial charge in [0.15, 0.2) is 5.78 Å². The largest absolute Gasteiger partial charge is 0.507 e. The normalized spacial score (nSPS) is 10.4. The zero-order valence-electron chi connectivity index (χ0n) is 8.03. The maximum atomic E-state index is 11.5. The van der Waals surface area contributed by atoms with Crippen LogP contribution in [0, 0.1) is 0 Å². The molecule has 1 aromatic rings. The van der Waals surface area contributed by atoms with Gasteiger partial charge in [0, 0.05) is 18.8 Å². The van der Waals surface area contributed by atoms with Crippen molar-refractivity contribution in [3.05, 3.63) is 42.1 Å². The van der Waals surface area contributed by atoms with Gasteiger partial charge in [-0.05, 0) is 19.1 Å². The number of phenolic OH excluding ortho intramolecular Hbond substituents is 1. The van der Waals surface area contributed by atoms with Crippen molar-refractivity contribution in [2.45, 2.75) is 6.92 Å². The standard InChI is InChI=1S/C11H13NO2/c1-2-12-8-7-11(14)9-5-3-4-6-10(9)13/h3-8,12-13H,2H2,1H3/b8-7+. The van der Waals surface area contributed by atoms with Gasteiger partial charge in [0.05, 0.1) is 5.56 Å². The van der Waals surface area contributed by atoms with Crippen LogP contribution in [0.5, 0.6) is 5.75 Å². The van der Waals surface area contributed by atoms with Gasteiger partial charge in [-0.3, -0.25) is 4.79 Å². The summed E-state index contributed by atoms with van der Waals surface area (Å²) < 4.78 is 0. The summed E-state index contributed by atoms with van der Waals surface area (Å²) in [6, 6.07) is 6.48. The number of rotatable bonds is 4. The number of carbonyl (C=O) groups is 1. The molecule has 0 atom stereocenters. The molecule has 0 saturated heterocycles. The molecule has 0 aliphatic rings. The van der Waals surface area contributed by atoms with E-state index in [1.54, 1.807) is 24.4 Å². The van der Waals surface area contributed by atoms with Crippen LogP contribution in [0.1, 0.15) is 17.3 Å². The molecule has 0 amide bonds. The summed E-state index contributed by atoms with van der Waals surface area (Å²) in [6.07, 6.45) is 2.98. The first-order valence-corrected chi connectivity index (χ1v) is 4.48. The number of benzene rings is 1. The molecular weight excluding hydrogens is 178 g/mol. The second-order valence-electron chi connectivity index (χ2n) is 2.77. The fraction of sp³-hybridized carbons (Fsp3) is 0.182. The van der Waals surface area contributed by atoms with E-state index in [9.17, 15) is 9.90 Å². The predicted octanol–water partition coefficient (Wildman–Crippen LogP) is 1.70. The lowest BCUT2D eigenvalue weighted by Gasteiger charge is -1.98. The predicted molar refractivity (Wildman–Crippen MR) is 55.3 cm³/mol. The van der Waals surface area contributed by atoms with E-state index in [0.717, 1.165) is 6.54 Å². The van der Waals surface area contributed by atoms with Crippen molar-refractivity contribution >= 4 is 5.78 Å². The highest BCUT2D eigenvalue weighted by molar-refractivity contribution is 6.06. The molecule has 0 saturated carbocycles. The number of hydrogen-bond donors (Lipinski definition) is 2. The van der Waals surface area contributed by atoms with E-state index in [1.807, 2.05) is 6.92 Å². The Morgan fingerprint density at radius 1 is 1.50 bits per heavy atom. The number of hydrogen-bond acceptors (Lipinski definition) is 3. The summed E-state index contributed by atoms with van der Waals surface area (Å²) in [5.74, 6) is -0.192. The first-order chi connectivity index (χ1) is 6.75. The number of aromatic hydroxyl groups is 1. The number of allylic oxidation sites excluding steroid dienone is 1. The Morgan fingerprint density at radius 3 is 2.86 bits per heavy atom. The average Bonchev–Trinajstić information content (AvgIpc) is 2.18. The molecule has 3 heteroatoms. The van der Waals surface area contributed by atoms with Crippen LogP contribution in [0.25, 0.3) is 0 Å². The molecule has 0 heterocycles. The molecule has 0 aromatic heterocycles. The Bertz CT molecular complexity index is 345. The van der Waals surface area contributed by atoms with Gasteiger partial charge in [-0.25, -0.2) is 0 Å². The van der Waals surface area contributed by atoms with Gasteiger partial charge >= 0.3 is 0 Å². The van der Waals surface area contributed by atoms with Crippen LogP contribution < -0.4 is 5.32 Å². The van der Waals surface area contributed by atoms with Gasteiger partial charge in [-0.2, -0.15) is 0 Å². The van der Waals surface area contributed by atoms with E-state index in [0.29, 0.717) is 5.56 Å². The molecule has 0 aliphatic carbocycles. The van der Waals surface area contributed by atoms with Gasteiger partial charge in [-0.15, -0.1) is 0 Å². The summed E-state index contributed by atoms with van der Waals surface area (Å²) in [7, 11) is 0. The summed E-state index contributed by atoms with van der Waals surface area (Å²) in [4.78, 5) is 11.5. The molecule has 0 bridgehead atoms. The first-order valence-electron chi connectivity index (χ1n) is 4.48. The Labute approximate surface area is 83.1 Å². The van der Waals surface area contributed by atoms with E-state index in [-0.39, 0.29) is 11.5 Å². The van der Waals surface area contributed by atoms with Gasteiger partial charge in [0.1, 0.15) is 5.75 Å². The van der Waals surface area contributed by atoms with Crippen molar-refractivity contribution in [2.24, 2.45) is 0 Å². The lowest BCUT2D eigenvalue weighted by molar-refractivity contribution is 0.104. The van der Waals surface area contributed by atoms with Crippen LogP contribution in [-0.4, -0.2) is 17.4 Å². The highest BCUT2D eigenvalue weighted by Gasteiger charge is 2.05. The third-order valence-electron chi connectivity index (χ3n) is 1.73. The minimum atomic E-state index is -0.205. The van der Waals surface area contributed by atoms with Crippen molar-refractivity contribution in [1.29, 1.82) is 0 Å². The molecule has 1 aromatic carbocycles. The van der Waals surface area contributed by atoms with Crippen molar-refractivity contribution in [1.82, 2.24) is 5.32 Å². The molecule has 0 radical (unpaired) electrons. The van der Waals surface area contributed by atoms with Gasteiger partial charge in [-0.1, -0.05) is 12.1 Å². The second-order valence-corrected chi connectivity index (χ2v) is 2.77. The smallest absolute Gasteiger partial charge is 0.190 e. The van der Waals surface area contributed by atoms with Crippen LogP contribution in [0.3, 0.4) is 0 Å². The molecule has 14 heavy (non-hydrogen) atoms. The number of phenols is 1. The Hall–Kier alpha value is -1.77. The third-order valence-corrected chi connectivity index (χ3v) is 1.73. The van der Waals surface area contributed by atoms with Crippen LogP contribution in [0.15, 0.2) is 36.5 Å². The van der Waals surface area contributed by atoms with E-state index in [4.69, 9.17) is 0 Å². The van der Waals surface area contributed by atoms with Crippen molar-refractivity contribution in [3.63, 3.8) is 0 Å². The first kappa shape index (κ1) is 10.3. The third kappa shape index (κ3) is 2.62. The fourth-order valence-corrected chi connectivity index (χ4v) is 1.02. The highest BCUT2D eigenvalue weighted by atomic mass is 16.3. The van der Waals surface area contributed by atoms with Crippen molar-refractivity contribution in [3.8, 4) is 5.75 Å². The maximum Gasteiger partial charge on any atom is 0.190 e. The SMILES string of the molecule is CCN/C=C/C(=O)c1ccccc1O. The van der Waals surface area contributed by atoms with Crippen molar-refractivity contribution in [2.75, 3.05) is 6.54 Å². The van der Waals surface area contributed by atoms with Gasteiger partial charge in [0.25, 0.3) is 0 Å². The highest BCUT2D eigenvalue weighted by Crippen LogP contribution is 2.16. The zero-order valence-corrected chi connectivity index (χ0v) is 8.03. The summed E-state index contributed by atoms with van der Waals surface area (Å²) >= 11 is 0. The van der Waals surface area contributed by atoms with Crippen molar-refractivity contribution < 1.29 is 9.90 Å². The molecule has 1 rings (SSSR count). The Balaban J connectivity index is 2.75.